The molecule has 3 heteroatoms. The van der Waals surface area contributed by atoms with Gasteiger partial charge in [-0.25, -0.2) is 0 Å². The van der Waals surface area contributed by atoms with Gasteiger partial charge in [0.2, 0.25) is 5.91 Å². The molecule has 2 N–H and O–H groups in total. The van der Waals surface area contributed by atoms with Crippen molar-refractivity contribution in [3.05, 3.63) is 35.4 Å². The number of hydrogen-bond donors (Lipinski definition) is 2. The summed E-state index contributed by atoms with van der Waals surface area (Å²) >= 11 is 0. The normalized spacial score (nSPS) is 15.6. The van der Waals surface area contributed by atoms with Crippen LogP contribution in [0.15, 0.2) is 24.3 Å². The zero-order valence-corrected chi connectivity index (χ0v) is 13.5. The van der Waals surface area contributed by atoms with Gasteiger partial charge in [0.15, 0.2) is 0 Å². The maximum Gasteiger partial charge on any atom is 0.220 e. The molecule has 0 bridgehead atoms. The molecule has 1 aromatic carbocycles. The Morgan fingerprint density at radius 3 is 2.52 bits per heavy atom. The van der Waals surface area contributed by atoms with Crippen molar-refractivity contribution in [3.63, 3.8) is 0 Å². The highest BCUT2D eigenvalue weighted by molar-refractivity contribution is 5.75. The van der Waals surface area contributed by atoms with Gasteiger partial charge in [0, 0.05) is 18.5 Å². The van der Waals surface area contributed by atoms with Crippen LogP contribution in [-0.4, -0.2) is 20.0 Å². The highest BCUT2D eigenvalue weighted by atomic mass is 16.1. The van der Waals surface area contributed by atoms with Gasteiger partial charge in [-0.15, -0.1) is 0 Å². The average Bonchev–Trinajstić information content (AvgIpc) is 2.97. The van der Waals surface area contributed by atoms with Gasteiger partial charge in [-0.1, -0.05) is 49.9 Å². The van der Waals surface area contributed by atoms with Crippen molar-refractivity contribution in [2.45, 2.75) is 51.6 Å². The largest absolute Gasteiger partial charge is 0.352 e. The highest BCUT2D eigenvalue weighted by Gasteiger charge is 2.16. The number of benzene rings is 1. The van der Waals surface area contributed by atoms with Crippen molar-refractivity contribution < 1.29 is 9.69 Å². The fourth-order valence-electron chi connectivity index (χ4n) is 3.20. The lowest BCUT2D eigenvalue weighted by molar-refractivity contribution is -0.872. The van der Waals surface area contributed by atoms with Gasteiger partial charge in [-0.05, 0) is 17.9 Å². The van der Waals surface area contributed by atoms with Gasteiger partial charge in [-0.3, -0.25) is 4.79 Å². The van der Waals surface area contributed by atoms with Crippen LogP contribution in [0.2, 0.25) is 0 Å². The summed E-state index contributed by atoms with van der Waals surface area (Å²) in [5.74, 6) is 0.995. The van der Waals surface area contributed by atoms with E-state index in [4.69, 9.17) is 0 Å². The standard InChI is InChI=1S/C18H28N2O/c1-20(2)14-17-10-6-5-9-16(17)13-19-18(21)12-11-15-7-3-4-8-15/h5-6,9-10,15H,3-4,7-8,11-14H2,1-2H3,(H,19,21)/p+1. The number of hydrogen-bond acceptors (Lipinski definition) is 1. The second-order valence-electron chi connectivity index (χ2n) is 6.62. The molecule has 0 aliphatic heterocycles. The Balaban J connectivity index is 1.77. The first-order valence-electron chi connectivity index (χ1n) is 8.27. The van der Waals surface area contributed by atoms with E-state index in [9.17, 15) is 4.79 Å². The lowest BCUT2D eigenvalue weighted by Crippen LogP contribution is -3.04. The van der Waals surface area contributed by atoms with Crippen molar-refractivity contribution in [2.24, 2.45) is 5.92 Å². The smallest absolute Gasteiger partial charge is 0.220 e. The van der Waals surface area contributed by atoms with Gasteiger partial charge in [0.05, 0.1) is 14.1 Å². The topological polar surface area (TPSA) is 33.5 Å². The zero-order valence-electron chi connectivity index (χ0n) is 13.5. The van der Waals surface area contributed by atoms with Crippen LogP contribution in [0.3, 0.4) is 0 Å². The first-order valence-corrected chi connectivity index (χ1v) is 8.27. The van der Waals surface area contributed by atoms with E-state index in [2.05, 4.69) is 43.7 Å². The average molecular weight is 289 g/mol. The Morgan fingerprint density at radius 1 is 1.19 bits per heavy atom. The Morgan fingerprint density at radius 2 is 1.86 bits per heavy atom. The van der Waals surface area contributed by atoms with E-state index < -0.39 is 0 Å². The molecule has 116 valence electrons. The van der Waals surface area contributed by atoms with Crippen LogP contribution in [0.4, 0.5) is 0 Å². The first-order chi connectivity index (χ1) is 10.1. The second-order valence-corrected chi connectivity index (χ2v) is 6.62. The second kappa shape index (κ2) is 8.18. The van der Waals surface area contributed by atoms with E-state index in [1.165, 1.54) is 41.7 Å². The molecule has 1 fully saturated rings. The van der Waals surface area contributed by atoms with Gasteiger partial charge in [0.1, 0.15) is 6.54 Å². The molecule has 0 heterocycles. The predicted octanol–water partition coefficient (Wildman–Crippen LogP) is 1.92. The molecule has 1 aromatic rings. The van der Waals surface area contributed by atoms with Crippen LogP contribution < -0.4 is 10.2 Å². The van der Waals surface area contributed by atoms with Crippen molar-refractivity contribution in [3.8, 4) is 0 Å². The molecule has 1 aliphatic carbocycles. The summed E-state index contributed by atoms with van der Waals surface area (Å²) < 4.78 is 0. The highest BCUT2D eigenvalue weighted by Crippen LogP contribution is 2.28. The molecule has 3 nitrogen and oxygen atoms in total. The van der Waals surface area contributed by atoms with E-state index in [1.54, 1.807) is 0 Å². The molecular formula is C18H29N2O+. The van der Waals surface area contributed by atoms with E-state index in [-0.39, 0.29) is 5.91 Å². The zero-order chi connectivity index (χ0) is 15.1. The van der Waals surface area contributed by atoms with E-state index in [0.29, 0.717) is 13.0 Å². The lowest BCUT2D eigenvalue weighted by Gasteiger charge is -2.13. The van der Waals surface area contributed by atoms with Crippen LogP contribution in [0.5, 0.6) is 0 Å². The molecule has 1 aliphatic rings. The molecule has 0 spiro atoms. The minimum absolute atomic E-state index is 0.203. The molecule has 1 saturated carbocycles. The summed E-state index contributed by atoms with van der Waals surface area (Å²) in [6.45, 7) is 1.65. The molecule has 2 rings (SSSR count). The summed E-state index contributed by atoms with van der Waals surface area (Å²) in [6, 6.07) is 8.40. The fourth-order valence-corrected chi connectivity index (χ4v) is 3.20. The van der Waals surface area contributed by atoms with Gasteiger partial charge in [-0.2, -0.15) is 0 Å². The van der Waals surface area contributed by atoms with E-state index >= 15 is 0 Å². The number of carbonyl (C=O) groups excluding carboxylic acids is 1. The Hall–Kier alpha value is -1.35. The molecule has 0 saturated heterocycles. The van der Waals surface area contributed by atoms with E-state index in [1.807, 2.05) is 0 Å². The van der Waals surface area contributed by atoms with Gasteiger partial charge < -0.3 is 10.2 Å². The Bertz CT molecular complexity index is 450. The summed E-state index contributed by atoms with van der Waals surface area (Å²) in [6.07, 6.45) is 7.10. The van der Waals surface area contributed by atoms with Crippen LogP contribution in [0.1, 0.15) is 49.7 Å². The van der Waals surface area contributed by atoms with Crippen molar-refractivity contribution >= 4 is 5.91 Å². The summed E-state index contributed by atoms with van der Waals surface area (Å²) in [4.78, 5) is 13.4. The summed E-state index contributed by atoms with van der Waals surface area (Å²) in [7, 11) is 4.30. The number of rotatable bonds is 7. The SMILES string of the molecule is C[NH+](C)Cc1ccccc1CNC(=O)CCC1CCCC1. The third kappa shape index (κ3) is 5.50. The molecule has 21 heavy (non-hydrogen) atoms. The third-order valence-electron chi connectivity index (χ3n) is 4.39. The number of amides is 1. The molecule has 0 atom stereocenters. The van der Waals surface area contributed by atoms with Crippen LogP contribution in [0, 0.1) is 5.92 Å². The van der Waals surface area contributed by atoms with Gasteiger partial charge in [0.25, 0.3) is 0 Å². The first kappa shape index (κ1) is 16.0. The molecule has 0 unspecified atom stereocenters. The third-order valence-corrected chi connectivity index (χ3v) is 4.39. The maximum absolute atomic E-state index is 12.0. The van der Waals surface area contributed by atoms with Crippen molar-refractivity contribution in [1.29, 1.82) is 0 Å². The van der Waals surface area contributed by atoms with Crippen LogP contribution in [-0.2, 0) is 17.9 Å². The minimum atomic E-state index is 0.203. The number of nitrogens with one attached hydrogen (secondary N) is 2. The Kier molecular flexibility index (Phi) is 6.24. The predicted molar refractivity (Wildman–Crippen MR) is 86.0 cm³/mol. The molecular weight excluding hydrogens is 260 g/mol. The fraction of sp³-hybridized carbons (Fsp3) is 0.611. The van der Waals surface area contributed by atoms with Crippen LogP contribution >= 0.6 is 0 Å². The maximum atomic E-state index is 12.0. The lowest BCUT2D eigenvalue weighted by atomic mass is 10.0. The summed E-state index contributed by atoms with van der Waals surface area (Å²) in [5, 5.41) is 3.09. The molecule has 0 aromatic heterocycles. The molecule has 1 amide bonds. The number of quaternary nitrogens is 1. The van der Waals surface area contributed by atoms with Crippen LogP contribution in [0.25, 0.3) is 0 Å². The Labute approximate surface area is 128 Å². The van der Waals surface area contributed by atoms with Crippen molar-refractivity contribution in [1.82, 2.24) is 5.32 Å². The molecule has 0 radical (unpaired) electrons. The van der Waals surface area contributed by atoms with Crippen molar-refractivity contribution in [2.75, 3.05) is 14.1 Å². The summed E-state index contributed by atoms with van der Waals surface area (Å²) in [5.41, 5.74) is 2.57. The quantitative estimate of drug-likeness (QED) is 0.790. The van der Waals surface area contributed by atoms with Gasteiger partial charge >= 0.3 is 0 Å². The monoisotopic (exact) mass is 289 g/mol. The number of carbonyl (C=O) groups is 1. The van der Waals surface area contributed by atoms with E-state index in [0.717, 1.165) is 18.9 Å². The minimum Gasteiger partial charge on any atom is -0.352 e.